The van der Waals surface area contributed by atoms with Crippen LogP contribution in [-0.4, -0.2) is 33.4 Å². The van der Waals surface area contributed by atoms with E-state index < -0.39 is 6.10 Å². The maximum absolute atomic E-state index is 12.2. The second-order valence-corrected chi connectivity index (χ2v) is 6.28. The highest BCUT2D eigenvalue weighted by atomic mass is 16.5. The van der Waals surface area contributed by atoms with Gasteiger partial charge in [-0.1, -0.05) is 24.4 Å². The van der Waals surface area contributed by atoms with Crippen molar-refractivity contribution in [1.29, 1.82) is 0 Å². The van der Waals surface area contributed by atoms with Gasteiger partial charge < -0.3 is 26.0 Å². The molecule has 1 fully saturated rings. The first-order valence-electron chi connectivity index (χ1n) is 8.29. The fourth-order valence-electron chi connectivity index (χ4n) is 2.84. The molecule has 1 aliphatic rings. The minimum atomic E-state index is -0.624. The average molecular weight is 325 g/mol. The van der Waals surface area contributed by atoms with E-state index in [0.29, 0.717) is 11.7 Å². The molecule has 2 amide bonds. The van der Waals surface area contributed by atoms with Crippen molar-refractivity contribution in [2.24, 2.45) is 11.7 Å². The van der Waals surface area contributed by atoms with Gasteiger partial charge >= 0.3 is 6.03 Å². The first kappa shape index (κ1) is 17.7. The van der Waals surface area contributed by atoms with Crippen molar-refractivity contribution in [3.05, 3.63) is 11.7 Å². The summed E-state index contributed by atoms with van der Waals surface area (Å²) in [4.78, 5) is 16.5. The molecular weight excluding hydrogens is 298 g/mol. The maximum Gasteiger partial charge on any atom is 0.315 e. The SMILES string of the molecule is CC(O)C(C)NC(=O)NC(c1nc(CN)no1)C1CCCCC1. The lowest BCUT2D eigenvalue weighted by molar-refractivity contribution is 0.149. The molecule has 130 valence electrons. The van der Waals surface area contributed by atoms with Crippen molar-refractivity contribution in [2.75, 3.05) is 0 Å². The third-order valence-electron chi connectivity index (χ3n) is 4.42. The zero-order valence-electron chi connectivity index (χ0n) is 13.8. The van der Waals surface area contributed by atoms with Crippen LogP contribution in [0.1, 0.15) is 63.7 Å². The van der Waals surface area contributed by atoms with Crippen LogP contribution >= 0.6 is 0 Å². The maximum atomic E-state index is 12.2. The lowest BCUT2D eigenvalue weighted by Crippen LogP contribution is -2.47. The Morgan fingerprint density at radius 1 is 1.35 bits per heavy atom. The van der Waals surface area contributed by atoms with E-state index in [2.05, 4.69) is 20.8 Å². The molecule has 5 N–H and O–H groups in total. The quantitative estimate of drug-likeness (QED) is 0.623. The summed E-state index contributed by atoms with van der Waals surface area (Å²) in [6.07, 6.45) is 4.88. The second kappa shape index (κ2) is 8.26. The van der Waals surface area contributed by atoms with Gasteiger partial charge in [-0.15, -0.1) is 0 Å². The first-order chi connectivity index (χ1) is 11.0. The molecule has 2 rings (SSSR count). The highest BCUT2D eigenvalue weighted by Crippen LogP contribution is 2.33. The molecule has 3 atom stereocenters. The third-order valence-corrected chi connectivity index (χ3v) is 4.42. The lowest BCUT2D eigenvalue weighted by atomic mass is 9.84. The minimum Gasteiger partial charge on any atom is -0.391 e. The van der Waals surface area contributed by atoms with Crippen LogP contribution in [0.2, 0.25) is 0 Å². The van der Waals surface area contributed by atoms with Gasteiger partial charge in [-0.2, -0.15) is 4.98 Å². The van der Waals surface area contributed by atoms with Crippen LogP contribution in [0.5, 0.6) is 0 Å². The number of hydrogen-bond acceptors (Lipinski definition) is 6. The van der Waals surface area contributed by atoms with Crippen LogP contribution in [0, 0.1) is 5.92 Å². The molecule has 3 unspecified atom stereocenters. The van der Waals surface area contributed by atoms with Gasteiger partial charge in [0.05, 0.1) is 18.7 Å². The summed E-state index contributed by atoms with van der Waals surface area (Å²) in [5.41, 5.74) is 5.53. The molecule has 1 aromatic heterocycles. The van der Waals surface area contributed by atoms with Crippen LogP contribution in [0.25, 0.3) is 0 Å². The number of urea groups is 1. The summed E-state index contributed by atoms with van der Waals surface area (Å²) in [5, 5.41) is 19.0. The van der Waals surface area contributed by atoms with Crippen LogP contribution in [0.15, 0.2) is 4.52 Å². The fourth-order valence-corrected chi connectivity index (χ4v) is 2.84. The fraction of sp³-hybridized carbons (Fsp3) is 0.800. The molecule has 0 aromatic carbocycles. The van der Waals surface area contributed by atoms with Gasteiger partial charge in [0.2, 0.25) is 5.89 Å². The highest BCUT2D eigenvalue weighted by molar-refractivity contribution is 5.74. The number of hydrogen-bond donors (Lipinski definition) is 4. The zero-order valence-corrected chi connectivity index (χ0v) is 13.8. The van der Waals surface area contributed by atoms with E-state index in [9.17, 15) is 9.90 Å². The molecule has 1 heterocycles. The molecule has 8 heteroatoms. The number of aromatic nitrogens is 2. The normalized spacial score (nSPS) is 19.8. The molecular formula is C15H27N5O3. The predicted molar refractivity (Wildman–Crippen MR) is 84.3 cm³/mol. The molecule has 1 aromatic rings. The van der Waals surface area contributed by atoms with Gasteiger partial charge in [-0.3, -0.25) is 0 Å². The van der Waals surface area contributed by atoms with Gasteiger partial charge in [-0.25, -0.2) is 4.79 Å². The van der Waals surface area contributed by atoms with Gasteiger partial charge in [0.25, 0.3) is 0 Å². The molecule has 8 nitrogen and oxygen atoms in total. The van der Waals surface area contributed by atoms with Crippen LogP contribution in [0.3, 0.4) is 0 Å². The number of carbonyl (C=O) groups excluding carboxylic acids is 1. The van der Waals surface area contributed by atoms with E-state index in [-0.39, 0.29) is 30.6 Å². The smallest absolute Gasteiger partial charge is 0.315 e. The minimum absolute atomic E-state index is 0.201. The number of aliphatic hydroxyl groups is 1. The standard InChI is InChI=1S/C15H27N5O3/c1-9(10(2)21)17-15(22)19-13(11-6-4-3-5-7-11)14-18-12(8-16)20-23-14/h9-11,13,21H,3-8,16H2,1-2H3,(H2,17,19,22). The Labute approximate surface area is 136 Å². The van der Waals surface area contributed by atoms with Crippen molar-refractivity contribution < 1.29 is 14.4 Å². The Hall–Kier alpha value is -1.67. The van der Waals surface area contributed by atoms with E-state index in [1.165, 1.54) is 6.42 Å². The van der Waals surface area contributed by atoms with E-state index in [4.69, 9.17) is 10.3 Å². The lowest BCUT2D eigenvalue weighted by Gasteiger charge is -2.29. The van der Waals surface area contributed by atoms with Crippen molar-refractivity contribution in [2.45, 2.75) is 70.7 Å². The van der Waals surface area contributed by atoms with Crippen LogP contribution < -0.4 is 16.4 Å². The Kier molecular flexibility index (Phi) is 6.35. The molecule has 0 bridgehead atoms. The highest BCUT2D eigenvalue weighted by Gasteiger charge is 2.31. The second-order valence-electron chi connectivity index (χ2n) is 6.28. The topological polar surface area (TPSA) is 126 Å². The predicted octanol–water partition coefficient (Wildman–Crippen LogP) is 1.22. The molecule has 1 aliphatic carbocycles. The van der Waals surface area contributed by atoms with Crippen LogP contribution in [0.4, 0.5) is 4.79 Å². The van der Waals surface area contributed by atoms with Gasteiger partial charge in [0.15, 0.2) is 5.82 Å². The first-order valence-corrected chi connectivity index (χ1v) is 8.29. The molecule has 0 saturated heterocycles. The number of aliphatic hydroxyl groups excluding tert-OH is 1. The number of carbonyl (C=O) groups is 1. The summed E-state index contributed by atoms with van der Waals surface area (Å²) in [6.45, 7) is 3.58. The number of amides is 2. The van der Waals surface area contributed by atoms with Crippen LogP contribution in [-0.2, 0) is 6.54 Å². The Morgan fingerprint density at radius 2 is 2.04 bits per heavy atom. The monoisotopic (exact) mass is 325 g/mol. The zero-order chi connectivity index (χ0) is 16.8. The van der Waals surface area contributed by atoms with Crippen molar-refractivity contribution in [3.8, 4) is 0 Å². The van der Waals surface area contributed by atoms with E-state index in [1.807, 2.05) is 0 Å². The summed E-state index contributed by atoms with van der Waals surface area (Å²) in [6, 6.07) is -1.02. The summed E-state index contributed by atoms with van der Waals surface area (Å²) in [5.74, 6) is 1.10. The summed E-state index contributed by atoms with van der Waals surface area (Å²) >= 11 is 0. The van der Waals surface area contributed by atoms with Crippen molar-refractivity contribution >= 4 is 6.03 Å². The van der Waals surface area contributed by atoms with Gasteiger partial charge in [-0.05, 0) is 32.6 Å². The Morgan fingerprint density at radius 3 is 2.61 bits per heavy atom. The average Bonchev–Trinajstić information content (AvgIpc) is 3.02. The Bertz CT molecular complexity index is 499. The molecule has 0 radical (unpaired) electrons. The third kappa shape index (κ3) is 4.90. The number of rotatable bonds is 6. The number of nitrogens with two attached hydrogens (primary N) is 1. The van der Waals surface area contributed by atoms with E-state index >= 15 is 0 Å². The number of nitrogens with one attached hydrogen (secondary N) is 2. The van der Waals surface area contributed by atoms with E-state index in [1.54, 1.807) is 13.8 Å². The molecule has 1 saturated carbocycles. The number of nitrogens with zero attached hydrogens (tertiary/aromatic N) is 2. The van der Waals surface area contributed by atoms with Crippen molar-refractivity contribution in [1.82, 2.24) is 20.8 Å². The molecule has 0 aliphatic heterocycles. The molecule has 23 heavy (non-hydrogen) atoms. The summed E-state index contributed by atoms with van der Waals surface area (Å²) < 4.78 is 5.29. The van der Waals surface area contributed by atoms with Gasteiger partial charge in [0.1, 0.15) is 6.04 Å². The van der Waals surface area contributed by atoms with Gasteiger partial charge in [0, 0.05) is 0 Å². The van der Waals surface area contributed by atoms with Crippen molar-refractivity contribution in [3.63, 3.8) is 0 Å². The Balaban J connectivity index is 2.08. The molecule has 0 spiro atoms. The van der Waals surface area contributed by atoms with E-state index in [0.717, 1.165) is 25.7 Å². The summed E-state index contributed by atoms with van der Waals surface area (Å²) in [7, 11) is 0. The largest absolute Gasteiger partial charge is 0.391 e.